The Morgan fingerprint density at radius 1 is 1.33 bits per heavy atom. The van der Waals surface area contributed by atoms with Gasteiger partial charge in [-0.2, -0.15) is 5.10 Å². The van der Waals surface area contributed by atoms with Crippen LogP contribution in [0.2, 0.25) is 0 Å². The number of fused-ring (bicyclic) bond motifs is 1. The van der Waals surface area contributed by atoms with Crippen LogP contribution < -0.4 is 10.2 Å². The van der Waals surface area contributed by atoms with Gasteiger partial charge in [0.2, 0.25) is 0 Å². The lowest BCUT2D eigenvalue weighted by Crippen LogP contribution is -2.30. The number of benzene rings is 1. The molecule has 1 aliphatic rings. The Balaban J connectivity index is 0.00000161. The van der Waals surface area contributed by atoms with E-state index in [1.54, 1.807) is 19.2 Å². The SMILES string of the molecule is CN(C(=O)c1n[nH]c2c1CNCC2)c1ccc(F)cc1.Cl. The zero-order valence-corrected chi connectivity index (χ0v) is 12.3. The monoisotopic (exact) mass is 310 g/mol. The number of hydrogen-bond acceptors (Lipinski definition) is 3. The van der Waals surface area contributed by atoms with Gasteiger partial charge in [-0.1, -0.05) is 0 Å². The van der Waals surface area contributed by atoms with Crippen LogP contribution in [0.15, 0.2) is 24.3 Å². The van der Waals surface area contributed by atoms with Crippen molar-refractivity contribution >= 4 is 24.0 Å². The molecule has 1 aromatic heterocycles. The number of nitrogens with one attached hydrogen (secondary N) is 2. The molecule has 7 heteroatoms. The van der Waals surface area contributed by atoms with Gasteiger partial charge in [0.15, 0.2) is 5.69 Å². The summed E-state index contributed by atoms with van der Waals surface area (Å²) in [6.45, 7) is 1.53. The van der Waals surface area contributed by atoms with Crippen LogP contribution in [-0.2, 0) is 13.0 Å². The molecule has 2 N–H and O–H groups in total. The molecule has 3 rings (SSSR count). The fourth-order valence-corrected chi connectivity index (χ4v) is 2.34. The number of amides is 1. The maximum Gasteiger partial charge on any atom is 0.278 e. The third-order valence-corrected chi connectivity index (χ3v) is 3.53. The van der Waals surface area contributed by atoms with Gasteiger partial charge in [0.1, 0.15) is 5.82 Å². The lowest BCUT2D eigenvalue weighted by molar-refractivity contribution is 0.0987. The highest BCUT2D eigenvalue weighted by molar-refractivity contribution is 6.05. The van der Waals surface area contributed by atoms with Gasteiger partial charge in [-0.05, 0) is 24.3 Å². The van der Waals surface area contributed by atoms with E-state index in [9.17, 15) is 9.18 Å². The molecule has 0 saturated heterocycles. The van der Waals surface area contributed by atoms with E-state index in [4.69, 9.17) is 0 Å². The number of hydrogen-bond donors (Lipinski definition) is 2. The Morgan fingerprint density at radius 2 is 2.05 bits per heavy atom. The van der Waals surface area contributed by atoms with Crippen LogP contribution in [0.1, 0.15) is 21.7 Å². The van der Waals surface area contributed by atoms with Crippen LogP contribution in [0, 0.1) is 5.82 Å². The number of aromatic nitrogens is 2. The van der Waals surface area contributed by atoms with Gasteiger partial charge < -0.3 is 10.2 Å². The van der Waals surface area contributed by atoms with Gasteiger partial charge in [-0.25, -0.2) is 4.39 Å². The molecule has 1 amide bonds. The number of carbonyl (C=O) groups is 1. The Hall–Kier alpha value is -1.92. The maximum atomic E-state index is 12.9. The van der Waals surface area contributed by atoms with Crippen LogP contribution in [-0.4, -0.2) is 29.7 Å². The average Bonchev–Trinajstić information content (AvgIpc) is 2.90. The summed E-state index contributed by atoms with van der Waals surface area (Å²) in [7, 11) is 1.66. The third kappa shape index (κ3) is 2.91. The molecule has 0 fully saturated rings. The molecule has 21 heavy (non-hydrogen) atoms. The third-order valence-electron chi connectivity index (χ3n) is 3.53. The molecule has 5 nitrogen and oxygen atoms in total. The predicted molar refractivity (Wildman–Crippen MR) is 80.4 cm³/mol. The minimum Gasteiger partial charge on any atom is -0.312 e. The van der Waals surface area contributed by atoms with Crippen LogP contribution in [0.25, 0.3) is 0 Å². The molecule has 2 heterocycles. The summed E-state index contributed by atoms with van der Waals surface area (Å²) in [6, 6.07) is 5.82. The average molecular weight is 311 g/mol. The number of carbonyl (C=O) groups excluding carboxylic acids is 1. The first-order valence-corrected chi connectivity index (χ1v) is 6.47. The highest BCUT2D eigenvalue weighted by Crippen LogP contribution is 2.20. The Bertz CT molecular complexity index is 641. The van der Waals surface area contributed by atoms with Crippen molar-refractivity contribution in [3.8, 4) is 0 Å². The van der Waals surface area contributed by atoms with Gasteiger partial charge in [0.05, 0.1) is 0 Å². The Morgan fingerprint density at radius 3 is 2.76 bits per heavy atom. The highest BCUT2D eigenvalue weighted by atomic mass is 35.5. The second kappa shape index (κ2) is 6.24. The normalized spacial score (nSPS) is 13.2. The van der Waals surface area contributed by atoms with Crippen molar-refractivity contribution in [1.82, 2.24) is 15.5 Å². The standard InChI is InChI=1S/C14H15FN4O.ClH/c1-19(10-4-2-9(15)3-5-10)14(20)13-11-8-16-7-6-12(11)17-18-13;/h2-5,16H,6-8H2,1H3,(H,17,18);1H. The highest BCUT2D eigenvalue weighted by Gasteiger charge is 2.24. The van der Waals surface area contributed by atoms with Crippen molar-refractivity contribution in [3.63, 3.8) is 0 Å². The minimum absolute atomic E-state index is 0. The Labute approximate surface area is 127 Å². The van der Waals surface area contributed by atoms with E-state index in [1.165, 1.54) is 17.0 Å². The molecule has 112 valence electrons. The Kier molecular flexibility index (Phi) is 4.59. The second-order valence-corrected chi connectivity index (χ2v) is 4.80. The number of halogens is 2. The lowest BCUT2D eigenvalue weighted by Gasteiger charge is -2.18. The molecule has 0 unspecified atom stereocenters. The van der Waals surface area contributed by atoms with Gasteiger partial charge in [0.25, 0.3) is 5.91 Å². The molecule has 0 radical (unpaired) electrons. The van der Waals surface area contributed by atoms with Gasteiger partial charge in [-0.15, -0.1) is 12.4 Å². The maximum absolute atomic E-state index is 12.9. The summed E-state index contributed by atoms with van der Waals surface area (Å²) in [5.41, 5.74) is 3.01. The van der Waals surface area contributed by atoms with E-state index in [1.807, 2.05) is 0 Å². The quantitative estimate of drug-likeness (QED) is 0.890. The van der Waals surface area contributed by atoms with E-state index >= 15 is 0 Å². The zero-order chi connectivity index (χ0) is 14.1. The first kappa shape index (κ1) is 15.5. The molecule has 2 aromatic rings. The van der Waals surface area contributed by atoms with E-state index in [-0.39, 0.29) is 24.1 Å². The van der Waals surface area contributed by atoms with Gasteiger partial charge in [0, 0.05) is 43.5 Å². The van der Waals surface area contributed by atoms with Crippen molar-refractivity contribution in [2.75, 3.05) is 18.5 Å². The first-order valence-electron chi connectivity index (χ1n) is 6.47. The topological polar surface area (TPSA) is 61.0 Å². The minimum atomic E-state index is -0.323. The van der Waals surface area contributed by atoms with Crippen molar-refractivity contribution in [1.29, 1.82) is 0 Å². The predicted octanol–water partition coefficient (Wildman–Crippen LogP) is 1.89. The summed E-state index contributed by atoms with van der Waals surface area (Å²) in [5.74, 6) is -0.520. The molecular formula is C14H16ClFN4O. The zero-order valence-electron chi connectivity index (χ0n) is 11.5. The number of anilines is 1. The number of rotatable bonds is 2. The molecule has 0 aliphatic carbocycles. The summed E-state index contributed by atoms with van der Waals surface area (Å²) in [6.07, 6.45) is 0.843. The molecule has 0 bridgehead atoms. The fourth-order valence-electron chi connectivity index (χ4n) is 2.34. The molecule has 1 aliphatic heterocycles. The summed E-state index contributed by atoms with van der Waals surface area (Å²) in [4.78, 5) is 14.0. The smallest absolute Gasteiger partial charge is 0.278 e. The first-order chi connectivity index (χ1) is 9.66. The van der Waals surface area contributed by atoms with Gasteiger partial charge >= 0.3 is 0 Å². The van der Waals surface area contributed by atoms with Crippen molar-refractivity contribution in [2.24, 2.45) is 0 Å². The van der Waals surface area contributed by atoms with E-state index in [2.05, 4.69) is 15.5 Å². The van der Waals surface area contributed by atoms with Crippen molar-refractivity contribution in [2.45, 2.75) is 13.0 Å². The molecular weight excluding hydrogens is 295 g/mol. The van der Waals surface area contributed by atoms with Crippen molar-refractivity contribution in [3.05, 3.63) is 47.0 Å². The number of nitrogens with zero attached hydrogens (tertiary/aromatic N) is 2. The number of H-pyrrole nitrogens is 1. The van der Waals surface area contributed by atoms with Gasteiger partial charge in [-0.3, -0.25) is 9.89 Å². The van der Waals surface area contributed by atoms with Crippen LogP contribution in [0.3, 0.4) is 0 Å². The van der Waals surface area contributed by atoms with Crippen LogP contribution in [0.5, 0.6) is 0 Å². The van der Waals surface area contributed by atoms with Crippen LogP contribution >= 0.6 is 12.4 Å². The molecule has 0 spiro atoms. The lowest BCUT2D eigenvalue weighted by atomic mass is 10.1. The molecule has 1 aromatic carbocycles. The van der Waals surface area contributed by atoms with E-state index in [0.717, 1.165) is 24.2 Å². The summed E-state index contributed by atoms with van der Waals surface area (Å²) >= 11 is 0. The number of aromatic amines is 1. The van der Waals surface area contributed by atoms with E-state index < -0.39 is 0 Å². The molecule has 0 atom stereocenters. The summed E-state index contributed by atoms with van der Waals surface area (Å²) < 4.78 is 12.9. The summed E-state index contributed by atoms with van der Waals surface area (Å²) in [5, 5.41) is 10.3. The van der Waals surface area contributed by atoms with Crippen LogP contribution in [0.4, 0.5) is 10.1 Å². The second-order valence-electron chi connectivity index (χ2n) is 4.80. The molecule has 0 saturated carbocycles. The fraction of sp³-hybridized carbons (Fsp3) is 0.286. The van der Waals surface area contributed by atoms with Crippen molar-refractivity contribution < 1.29 is 9.18 Å². The van der Waals surface area contributed by atoms with E-state index in [0.29, 0.717) is 17.9 Å². The largest absolute Gasteiger partial charge is 0.312 e.